The fourth-order valence-corrected chi connectivity index (χ4v) is 3.84. The summed E-state index contributed by atoms with van der Waals surface area (Å²) in [5.41, 5.74) is 7.12. The highest BCUT2D eigenvalue weighted by Gasteiger charge is 2.49. The van der Waals surface area contributed by atoms with Crippen molar-refractivity contribution in [1.82, 2.24) is 0 Å². The molecule has 1 amide bonds. The summed E-state index contributed by atoms with van der Waals surface area (Å²) >= 11 is 0. The van der Waals surface area contributed by atoms with Gasteiger partial charge in [0.25, 0.3) is 5.69 Å². The van der Waals surface area contributed by atoms with Gasteiger partial charge >= 0.3 is 0 Å². The van der Waals surface area contributed by atoms with Gasteiger partial charge in [-0.3, -0.25) is 14.9 Å². The maximum Gasteiger partial charge on any atom is 0.293 e. The standard InChI is InChI=1S/C15H19N3O3/c1-8-2-5-11(12(6-8)18(20)21)17-15(19)13-9-3-4-10(7-9)14(13)16/h2,5-6,9-10,13-14H,3-4,7,16H2,1H3,(H,17,19). The van der Waals surface area contributed by atoms with Crippen LogP contribution in [0.2, 0.25) is 0 Å². The lowest BCUT2D eigenvalue weighted by atomic mass is 9.84. The van der Waals surface area contributed by atoms with Crippen LogP contribution in [0, 0.1) is 34.8 Å². The summed E-state index contributed by atoms with van der Waals surface area (Å²) < 4.78 is 0. The molecular formula is C15H19N3O3. The summed E-state index contributed by atoms with van der Waals surface area (Å²) in [5.74, 6) is 0.361. The van der Waals surface area contributed by atoms with Crippen molar-refractivity contribution in [1.29, 1.82) is 0 Å². The van der Waals surface area contributed by atoms with Gasteiger partial charge in [-0.1, -0.05) is 6.07 Å². The Morgan fingerprint density at radius 3 is 2.71 bits per heavy atom. The van der Waals surface area contributed by atoms with Crippen LogP contribution in [0.15, 0.2) is 18.2 Å². The zero-order valence-electron chi connectivity index (χ0n) is 11.9. The molecule has 0 heterocycles. The number of nitrogens with two attached hydrogens (primary N) is 1. The minimum Gasteiger partial charge on any atom is -0.327 e. The minimum atomic E-state index is -0.469. The molecule has 6 heteroatoms. The molecule has 0 saturated heterocycles. The highest BCUT2D eigenvalue weighted by atomic mass is 16.6. The summed E-state index contributed by atoms with van der Waals surface area (Å²) in [6, 6.07) is 4.69. The monoisotopic (exact) mass is 289 g/mol. The number of hydrogen-bond donors (Lipinski definition) is 2. The highest BCUT2D eigenvalue weighted by Crippen LogP contribution is 2.48. The van der Waals surface area contributed by atoms with Gasteiger partial charge < -0.3 is 11.1 Å². The third-order valence-electron chi connectivity index (χ3n) is 4.89. The van der Waals surface area contributed by atoms with Gasteiger partial charge in [0.2, 0.25) is 5.91 Å². The Bertz CT molecular complexity index is 600. The number of amides is 1. The van der Waals surface area contributed by atoms with Crippen molar-refractivity contribution in [2.75, 3.05) is 5.32 Å². The molecule has 2 aliphatic carbocycles. The average molecular weight is 289 g/mol. The van der Waals surface area contributed by atoms with E-state index in [1.54, 1.807) is 19.1 Å². The first kappa shape index (κ1) is 14.0. The largest absolute Gasteiger partial charge is 0.327 e. The molecule has 6 nitrogen and oxygen atoms in total. The summed E-state index contributed by atoms with van der Waals surface area (Å²) in [7, 11) is 0. The van der Waals surface area contributed by atoms with E-state index in [0.717, 1.165) is 24.8 Å². The first-order valence-corrected chi connectivity index (χ1v) is 7.29. The first-order valence-electron chi connectivity index (χ1n) is 7.29. The van der Waals surface area contributed by atoms with Crippen LogP contribution in [-0.4, -0.2) is 16.9 Å². The molecule has 0 spiro atoms. The van der Waals surface area contributed by atoms with Gasteiger partial charge in [-0.05, 0) is 49.7 Å². The van der Waals surface area contributed by atoms with Crippen LogP contribution >= 0.6 is 0 Å². The zero-order chi connectivity index (χ0) is 15.1. The van der Waals surface area contributed by atoms with E-state index in [4.69, 9.17) is 5.73 Å². The van der Waals surface area contributed by atoms with E-state index in [0.29, 0.717) is 11.8 Å². The molecular weight excluding hydrogens is 270 g/mol. The van der Waals surface area contributed by atoms with Crippen LogP contribution in [-0.2, 0) is 4.79 Å². The fraction of sp³-hybridized carbons (Fsp3) is 0.533. The molecule has 4 unspecified atom stereocenters. The van der Waals surface area contributed by atoms with Gasteiger partial charge in [0, 0.05) is 12.1 Å². The number of carbonyl (C=O) groups is 1. The molecule has 2 fully saturated rings. The second-order valence-corrected chi connectivity index (χ2v) is 6.20. The molecule has 112 valence electrons. The predicted molar refractivity (Wildman–Crippen MR) is 78.8 cm³/mol. The summed E-state index contributed by atoms with van der Waals surface area (Å²) in [6.45, 7) is 1.78. The van der Waals surface area contributed by atoms with Crippen molar-refractivity contribution in [3.05, 3.63) is 33.9 Å². The Morgan fingerprint density at radius 2 is 2.10 bits per heavy atom. The SMILES string of the molecule is Cc1ccc(NC(=O)C2C3CCC(C3)C2N)c([N+](=O)[O-])c1. The lowest BCUT2D eigenvalue weighted by Gasteiger charge is -2.26. The molecule has 0 aliphatic heterocycles. The van der Waals surface area contributed by atoms with Crippen LogP contribution in [0.25, 0.3) is 0 Å². The topological polar surface area (TPSA) is 98.3 Å². The van der Waals surface area contributed by atoms with E-state index >= 15 is 0 Å². The van der Waals surface area contributed by atoms with Crippen LogP contribution in [0.3, 0.4) is 0 Å². The number of nitrogens with one attached hydrogen (secondary N) is 1. The van der Waals surface area contributed by atoms with Crippen LogP contribution in [0.4, 0.5) is 11.4 Å². The van der Waals surface area contributed by atoms with E-state index in [2.05, 4.69) is 5.32 Å². The van der Waals surface area contributed by atoms with E-state index in [9.17, 15) is 14.9 Å². The van der Waals surface area contributed by atoms with Gasteiger partial charge in [0.05, 0.1) is 10.8 Å². The van der Waals surface area contributed by atoms with Crippen LogP contribution < -0.4 is 11.1 Å². The summed E-state index contributed by atoms with van der Waals surface area (Å²) in [4.78, 5) is 23.1. The molecule has 3 N–H and O–H groups in total. The molecule has 3 rings (SSSR count). The second kappa shape index (κ2) is 5.11. The molecule has 2 bridgehead atoms. The number of aryl methyl sites for hydroxylation is 1. The first-order chi connectivity index (χ1) is 9.97. The van der Waals surface area contributed by atoms with Crippen LogP contribution in [0.1, 0.15) is 24.8 Å². The van der Waals surface area contributed by atoms with Gasteiger partial charge in [0.1, 0.15) is 5.69 Å². The molecule has 2 saturated carbocycles. The number of rotatable bonds is 3. The van der Waals surface area contributed by atoms with Gasteiger partial charge in [0.15, 0.2) is 0 Å². The number of carbonyl (C=O) groups excluding carboxylic acids is 1. The number of nitrogens with zero attached hydrogens (tertiary/aromatic N) is 1. The Labute approximate surface area is 122 Å². The van der Waals surface area contributed by atoms with Crippen LogP contribution in [0.5, 0.6) is 0 Å². The number of hydrogen-bond acceptors (Lipinski definition) is 4. The lowest BCUT2D eigenvalue weighted by molar-refractivity contribution is -0.384. The predicted octanol–water partition coefficient (Wildman–Crippen LogP) is 2.22. The second-order valence-electron chi connectivity index (χ2n) is 6.20. The molecule has 0 aromatic heterocycles. The number of benzene rings is 1. The summed E-state index contributed by atoms with van der Waals surface area (Å²) in [5, 5.41) is 13.8. The number of fused-ring (bicyclic) bond motifs is 2. The van der Waals surface area contributed by atoms with E-state index in [-0.39, 0.29) is 29.2 Å². The molecule has 0 radical (unpaired) electrons. The Kier molecular flexibility index (Phi) is 3.41. The number of anilines is 1. The van der Waals surface area contributed by atoms with Crippen molar-refractivity contribution in [2.45, 2.75) is 32.2 Å². The van der Waals surface area contributed by atoms with Crippen molar-refractivity contribution in [3.63, 3.8) is 0 Å². The maximum atomic E-state index is 12.5. The van der Waals surface area contributed by atoms with Crippen molar-refractivity contribution < 1.29 is 9.72 Å². The molecule has 4 atom stereocenters. The Hall–Kier alpha value is -1.95. The average Bonchev–Trinajstić information content (AvgIpc) is 3.01. The zero-order valence-corrected chi connectivity index (χ0v) is 11.9. The van der Waals surface area contributed by atoms with E-state index < -0.39 is 4.92 Å². The van der Waals surface area contributed by atoms with Crippen molar-refractivity contribution in [3.8, 4) is 0 Å². The lowest BCUT2D eigenvalue weighted by Crippen LogP contribution is -2.42. The smallest absolute Gasteiger partial charge is 0.293 e. The third-order valence-corrected chi connectivity index (χ3v) is 4.89. The Morgan fingerprint density at radius 1 is 1.38 bits per heavy atom. The maximum absolute atomic E-state index is 12.5. The molecule has 2 aliphatic rings. The van der Waals surface area contributed by atoms with E-state index in [1.165, 1.54) is 6.07 Å². The number of nitro groups is 1. The third kappa shape index (κ3) is 2.40. The number of nitro benzene ring substituents is 1. The van der Waals surface area contributed by atoms with Crippen molar-refractivity contribution in [2.24, 2.45) is 23.5 Å². The quantitative estimate of drug-likeness (QED) is 0.658. The van der Waals surface area contributed by atoms with Gasteiger partial charge in [-0.15, -0.1) is 0 Å². The van der Waals surface area contributed by atoms with Crippen molar-refractivity contribution >= 4 is 17.3 Å². The molecule has 1 aromatic rings. The fourth-order valence-electron chi connectivity index (χ4n) is 3.84. The highest BCUT2D eigenvalue weighted by molar-refractivity contribution is 5.95. The van der Waals surface area contributed by atoms with Gasteiger partial charge in [-0.2, -0.15) is 0 Å². The summed E-state index contributed by atoms with van der Waals surface area (Å²) in [6.07, 6.45) is 3.14. The minimum absolute atomic E-state index is 0.0694. The van der Waals surface area contributed by atoms with Gasteiger partial charge in [-0.25, -0.2) is 0 Å². The Balaban J connectivity index is 1.81. The van der Waals surface area contributed by atoms with E-state index in [1.807, 2.05) is 0 Å². The normalized spacial score (nSPS) is 30.4. The molecule has 1 aromatic carbocycles. The molecule has 21 heavy (non-hydrogen) atoms.